The molecule has 4 aromatic rings. The first kappa shape index (κ1) is 20.6. The summed E-state index contributed by atoms with van der Waals surface area (Å²) in [6, 6.07) is 14.6. The van der Waals surface area contributed by atoms with E-state index in [1.165, 1.54) is 18.4 Å². The number of fused-ring (bicyclic) bond motifs is 3. The third kappa shape index (κ3) is 4.59. The van der Waals surface area contributed by atoms with E-state index in [1.807, 2.05) is 24.3 Å². The van der Waals surface area contributed by atoms with E-state index in [0.717, 1.165) is 16.4 Å². The fourth-order valence-electron chi connectivity index (χ4n) is 3.20. The number of Topliss-reactive ketones (excluding diaryl/α,β-unsaturated/α-hetero) is 1. The van der Waals surface area contributed by atoms with Gasteiger partial charge in [-0.05, 0) is 23.6 Å². The predicted octanol–water partition coefficient (Wildman–Crippen LogP) is 4.80. The Morgan fingerprint density at radius 1 is 1.00 bits per heavy atom. The van der Waals surface area contributed by atoms with Gasteiger partial charge < -0.3 is 19.2 Å². The van der Waals surface area contributed by atoms with Gasteiger partial charge in [-0.2, -0.15) is 0 Å². The molecule has 0 aliphatic rings. The van der Waals surface area contributed by atoms with Crippen LogP contribution in [0.2, 0.25) is 0 Å². The summed E-state index contributed by atoms with van der Waals surface area (Å²) in [6.07, 6.45) is -0.0458. The molecule has 0 unspecified atom stereocenters. The molecule has 0 fully saturated rings. The zero-order valence-corrected chi connectivity index (χ0v) is 17.5. The van der Waals surface area contributed by atoms with Crippen LogP contribution in [0.15, 0.2) is 58.3 Å². The molecule has 0 aliphatic heterocycles. The van der Waals surface area contributed by atoms with Crippen LogP contribution >= 0.6 is 11.3 Å². The van der Waals surface area contributed by atoms with E-state index in [-0.39, 0.29) is 18.6 Å². The van der Waals surface area contributed by atoms with Gasteiger partial charge in [-0.25, -0.2) is 0 Å². The van der Waals surface area contributed by atoms with Crippen LogP contribution in [0, 0.1) is 0 Å². The van der Waals surface area contributed by atoms with Gasteiger partial charge in [0.2, 0.25) is 0 Å². The molecular weight excluding hydrogens is 418 g/mol. The van der Waals surface area contributed by atoms with Crippen molar-refractivity contribution >= 4 is 56.6 Å². The highest BCUT2D eigenvalue weighted by Gasteiger charge is 2.16. The van der Waals surface area contributed by atoms with Crippen LogP contribution in [0.5, 0.6) is 5.75 Å². The molecule has 31 heavy (non-hydrogen) atoms. The average Bonchev–Trinajstić information content (AvgIpc) is 3.43. The number of carbonyl (C=O) groups is 3. The monoisotopic (exact) mass is 437 g/mol. The van der Waals surface area contributed by atoms with Gasteiger partial charge in [-0.15, -0.1) is 11.3 Å². The molecule has 2 aromatic carbocycles. The number of amides is 1. The summed E-state index contributed by atoms with van der Waals surface area (Å²) in [5.74, 6) is -0.799. The van der Waals surface area contributed by atoms with E-state index in [2.05, 4.69) is 5.32 Å². The van der Waals surface area contributed by atoms with E-state index >= 15 is 0 Å². The first-order valence-electron chi connectivity index (χ1n) is 9.56. The molecule has 2 aromatic heterocycles. The van der Waals surface area contributed by atoms with Crippen LogP contribution in [-0.4, -0.2) is 31.4 Å². The number of benzene rings is 2. The minimum atomic E-state index is -0.611. The highest BCUT2D eigenvalue weighted by Crippen LogP contribution is 2.36. The zero-order valence-electron chi connectivity index (χ0n) is 16.7. The third-order valence-electron chi connectivity index (χ3n) is 4.69. The van der Waals surface area contributed by atoms with Crippen molar-refractivity contribution in [3.63, 3.8) is 0 Å². The highest BCUT2D eigenvalue weighted by atomic mass is 32.1. The molecule has 1 amide bonds. The first-order chi connectivity index (χ1) is 15.0. The number of para-hydroxylation sites is 1. The summed E-state index contributed by atoms with van der Waals surface area (Å²) in [6.45, 7) is -0.465. The Kier molecular flexibility index (Phi) is 5.99. The maximum atomic E-state index is 12.3. The normalized spacial score (nSPS) is 10.9. The molecular formula is C23H19NO6S. The second-order valence-electron chi connectivity index (χ2n) is 6.76. The number of carbonyl (C=O) groups excluding carboxylic acids is 3. The number of hydrogen-bond donors (Lipinski definition) is 1. The molecule has 0 saturated heterocycles. The lowest BCUT2D eigenvalue weighted by atomic mass is 10.1. The van der Waals surface area contributed by atoms with Crippen molar-refractivity contribution in [3.05, 3.63) is 58.8 Å². The Balaban J connectivity index is 1.37. The fourth-order valence-corrected chi connectivity index (χ4v) is 3.89. The summed E-state index contributed by atoms with van der Waals surface area (Å²) in [7, 11) is 1.50. The van der Waals surface area contributed by atoms with Gasteiger partial charge >= 0.3 is 5.97 Å². The Morgan fingerprint density at radius 3 is 2.61 bits per heavy atom. The molecule has 0 aliphatic carbocycles. The van der Waals surface area contributed by atoms with E-state index in [9.17, 15) is 14.4 Å². The molecule has 2 heterocycles. The maximum absolute atomic E-state index is 12.3. The Hall–Kier alpha value is -3.65. The second kappa shape index (κ2) is 9.01. The minimum Gasteiger partial charge on any atom is -0.495 e. The van der Waals surface area contributed by atoms with Gasteiger partial charge in [0.1, 0.15) is 16.9 Å². The lowest BCUT2D eigenvalue weighted by Gasteiger charge is -2.10. The van der Waals surface area contributed by atoms with E-state index in [4.69, 9.17) is 13.9 Å². The fraction of sp³-hybridized carbons (Fsp3) is 0.174. The molecule has 8 heteroatoms. The Bertz CT molecular complexity index is 1260. The van der Waals surface area contributed by atoms with E-state index < -0.39 is 18.5 Å². The number of ketones is 1. The van der Waals surface area contributed by atoms with Crippen molar-refractivity contribution in [1.82, 2.24) is 0 Å². The molecule has 4 rings (SSSR count). The molecule has 0 atom stereocenters. The maximum Gasteiger partial charge on any atom is 0.306 e. The summed E-state index contributed by atoms with van der Waals surface area (Å²) >= 11 is 1.32. The quantitative estimate of drug-likeness (QED) is 0.314. The molecule has 0 radical (unpaired) electrons. The first-order valence-corrected chi connectivity index (χ1v) is 10.4. The number of thiophene rings is 1. The number of rotatable bonds is 8. The van der Waals surface area contributed by atoms with Crippen molar-refractivity contribution in [1.29, 1.82) is 0 Å². The second-order valence-corrected chi connectivity index (χ2v) is 7.70. The summed E-state index contributed by atoms with van der Waals surface area (Å²) < 4.78 is 16.2. The molecule has 0 saturated carbocycles. The Labute approximate surface area is 181 Å². The van der Waals surface area contributed by atoms with Crippen LogP contribution < -0.4 is 10.1 Å². The summed E-state index contributed by atoms with van der Waals surface area (Å²) in [5, 5.41) is 6.28. The SMILES string of the molecule is COc1cc2c(cc1NC(=O)COC(=O)CCC(=O)c1cccs1)oc1ccccc12. The highest BCUT2D eigenvalue weighted by molar-refractivity contribution is 7.12. The Morgan fingerprint density at radius 2 is 1.84 bits per heavy atom. The van der Waals surface area contributed by atoms with Crippen LogP contribution in [0.25, 0.3) is 21.9 Å². The lowest BCUT2D eigenvalue weighted by molar-refractivity contribution is -0.147. The topological polar surface area (TPSA) is 94.8 Å². The van der Waals surface area contributed by atoms with Crippen LogP contribution in [0.1, 0.15) is 22.5 Å². The molecule has 0 bridgehead atoms. The molecule has 158 valence electrons. The van der Waals surface area contributed by atoms with Gasteiger partial charge in [0, 0.05) is 23.3 Å². The predicted molar refractivity (Wildman–Crippen MR) is 118 cm³/mol. The van der Waals surface area contributed by atoms with Crippen molar-refractivity contribution in [2.75, 3.05) is 19.0 Å². The largest absolute Gasteiger partial charge is 0.495 e. The molecule has 1 N–H and O–H groups in total. The molecule has 7 nitrogen and oxygen atoms in total. The van der Waals surface area contributed by atoms with Gasteiger partial charge in [0.25, 0.3) is 5.91 Å². The third-order valence-corrected chi connectivity index (χ3v) is 5.60. The zero-order chi connectivity index (χ0) is 21.8. The van der Waals surface area contributed by atoms with Gasteiger partial charge in [-0.3, -0.25) is 14.4 Å². The van der Waals surface area contributed by atoms with Crippen molar-refractivity contribution in [2.45, 2.75) is 12.8 Å². The number of ether oxygens (including phenoxy) is 2. The van der Waals surface area contributed by atoms with E-state index in [1.54, 1.807) is 29.6 Å². The number of nitrogens with one attached hydrogen (secondary N) is 1. The van der Waals surface area contributed by atoms with Crippen LogP contribution in [-0.2, 0) is 14.3 Å². The number of methoxy groups -OCH3 is 1. The van der Waals surface area contributed by atoms with Crippen molar-refractivity contribution < 1.29 is 28.3 Å². The number of furan rings is 1. The van der Waals surface area contributed by atoms with Gasteiger partial charge in [-0.1, -0.05) is 24.3 Å². The van der Waals surface area contributed by atoms with Gasteiger partial charge in [0.15, 0.2) is 12.4 Å². The average molecular weight is 437 g/mol. The van der Waals surface area contributed by atoms with E-state index in [0.29, 0.717) is 21.9 Å². The standard InChI is InChI=1S/C23H19NO6S/c1-28-20-11-15-14-5-2-3-6-18(14)30-19(15)12-16(20)24-22(26)13-29-23(27)9-8-17(25)21-7-4-10-31-21/h2-7,10-12H,8-9,13H2,1H3,(H,24,26). The smallest absolute Gasteiger partial charge is 0.306 e. The number of anilines is 1. The van der Waals surface area contributed by atoms with Crippen LogP contribution in [0.4, 0.5) is 5.69 Å². The van der Waals surface area contributed by atoms with Crippen molar-refractivity contribution in [3.8, 4) is 5.75 Å². The minimum absolute atomic E-state index is 0.0392. The lowest BCUT2D eigenvalue weighted by Crippen LogP contribution is -2.21. The summed E-state index contributed by atoms with van der Waals surface area (Å²) in [4.78, 5) is 36.7. The molecule has 0 spiro atoms. The van der Waals surface area contributed by atoms with Gasteiger partial charge in [0.05, 0.1) is 24.1 Å². The summed E-state index contributed by atoms with van der Waals surface area (Å²) in [5.41, 5.74) is 1.73. The number of hydrogen-bond acceptors (Lipinski definition) is 7. The number of esters is 1. The van der Waals surface area contributed by atoms with Crippen LogP contribution in [0.3, 0.4) is 0 Å². The van der Waals surface area contributed by atoms with Crippen molar-refractivity contribution in [2.24, 2.45) is 0 Å².